The zero-order valence-electron chi connectivity index (χ0n) is 12.0. The molecule has 18 heavy (non-hydrogen) atoms. The van der Waals surface area contributed by atoms with Crippen molar-refractivity contribution in [1.29, 1.82) is 0 Å². The van der Waals surface area contributed by atoms with E-state index in [4.69, 9.17) is 5.73 Å². The maximum absolute atomic E-state index is 6.63. The monoisotopic (exact) mass is 249 g/mol. The van der Waals surface area contributed by atoms with E-state index in [9.17, 15) is 0 Å². The van der Waals surface area contributed by atoms with Gasteiger partial charge >= 0.3 is 0 Å². The summed E-state index contributed by atoms with van der Waals surface area (Å²) < 4.78 is 2.10. The summed E-state index contributed by atoms with van der Waals surface area (Å²) in [5, 5.41) is 0. The van der Waals surface area contributed by atoms with E-state index < -0.39 is 0 Å². The van der Waals surface area contributed by atoms with Crippen LogP contribution >= 0.6 is 0 Å². The molecule has 1 aromatic rings. The lowest BCUT2D eigenvalue weighted by molar-refractivity contribution is 0.197. The number of hydrogen-bond acceptors (Lipinski definition) is 2. The lowest BCUT2D eigenvalue weighted by Crippen LogP contribution is -2.47. The highest BCUT2D eigenvalue weighted by Crippen LogP contribution is 2.36. The first-order valence-corrected chi connectivity index (χ1v) is 7.23. The number of aromatic nitrogens is 2. The molecule has 3 nitrogen and oxygen atoms in total. The van der Waals surface area contributed by atoms with Crippen LogP contribution in [0.4, 0.5) is 0 Å². The lowest BCUT2D eigenvalue weighted by Gasteiger charge is -2.38. The van der Waals surface area contributed by atoms with Crippen LogP contribution in [0, 0.1) is 11.8 Å². The summed E-state index contributed by atoms with van der Waals surface area (Å²) >= 11 is 0. The Bertz CT molecular complexity index is 383. The van der Waals surface area contributed by atoms with Crippen molar-refractivity contribution in [3.8, 4) is 0 Å². The van der Waals surface area contributed by atoms with Crippen LogP contribution < -0.4 is 5.73 Å². The molecule has 0 saturated heterocycles. The van der Waals surface area contributed by atoms with Crippen molar-refractivity contribution in [2.75, 3.05) is 0 Å². The second kappa shape index (κ2) is 5.43. The molecule has 2 N–H and O–H groups in total. The predicted molar refractivity (Wildman–Crippen MR) is 75.2 cm³/mol. The highest BCUT2D eigenvalue weighted by molar-refractivity contribution is 5.02. The lowest BCUT2D eigenvalue weighted by atomic mass is 9.72. The standard InChI is InChI=1S/C15H27N3/c1-12(2)9-13-5-4-6-15(16,10-13)11-14-17-7-8-18(14)3/h7-8,12-13H,4-6,9-11,16H2,1-3H3. The molecule has 2 unspecified atom stereocenters. The normalized spacial score (nSPS) is 28.8. The largest absolute Gasteiger partial charge is 0.338 e. The summed E-state index contributed by atoms with van der Waals surface area (Å²) in [6.45, 7) is 4.62. The van der Waals surface area contributed by atoms with Crippen LogP contribution in [-0.4, -0.2) is 15.1 Å². The van der Waals surface area contributed by atoms with Crippen LogP contribution in [-0.2, 0) is 13.5 Å². The van der Waals surface area contributed by atoms with Gasteiger partial charge < -0.3 is 10.3 Å². The Balaban J connectivity index is 1.99. The molecule has 1 aromatic heterocycles. The molecule has 0 radical (unpaired) electrons. The van der Waals surface area contributed by atoms with Crippen molar-refractivity contribution in [1.82, 2.24) is 9.55 Å². The number of nitrogens with two attached hydrogens (primary N) is 1. The van der Waals surface area contributed by atoms with Crippen LogP contribution in [0.15, 0.2) is 12.4 Å². The molecule has 0 amide bonds. The van der Waals surface area contributed by atoms with Crippen LogP contribution in [0.5, 0.6) is 0 Å². The average Bonchev–Trinajstić information content (AvgIpc) is 2.62. The van der Waals surface area contributed by atoms with Crippen molar-refractivity contribution in [2.45, 2.75) is 57.9 Å². The quantitative estimate of drug-likeness (QED) is 0.891. The van der Waals surface area contributed by atoms with Gasteiger partial charge in [-0.1, -0.05) is 26.7 Å². The Kier molecular flexibility index (Phi) is 4.10. The van der Waals surface area contributed by atoms with E-state index in [0.29, 0.717) is 0 Å². The molecule has 0 spiro atoms. The van der Waals surface area contributed by atoms with Gasteiger partial charge in [-0.25, -0.2) is 4.98 Å². The first-order valence-electron chi connectivity index (χ1n) is 7.23. The summed E-state index contributed by atoms with van der Waals surface area (Å²) in [6.07, 6.45) is 11.1. The second-order valence-corrected chi connectivity index (χ2v) is 6.59. The van der Waals surface area contributed by atoms with E-state index in [2.05, 4.69) is 30.4 Å². The fraction of sp³-hybridized carbons (Fsp3) is 0.800. The topological polar surface area (TPSA) is 43.8 Å². The minimum atomic E-state index is -0.0308. The number of hydrogen-bond donors (Lipinski definition) is 1. The van der Waals surface area contributed by atoms with E-state index in [1.54, 1.807) is 0 Å². The number of nitrogens with zero attached hydrogens (tertiary/aromatic N) is 2. The summed E-state index contributed by atoms with van der Waals surface area (Å²) in [6, 6.07) is 0. The molecule has 1 heterocycles. The molecule has 102 valence electrons. The number of imidazole rings is 1. The van der Waals surface area contributed by atoms with E-state index in [0.717, 1.165) is 36.9 Å². The van der Waals surface area contributed by atoms with E-state index in [1.807, 2.05) is 12.4 Å². The Hall–Kier alpha value is -0.830. The molecule has 2 atom stereocenters. The van der Waals surface area contributed by atoms with Crippen LogP contribution in [0.2, 0.25) is 0 Å². The van der Waals surface area contributed by atoms with Crippen LogP contribution in [0.25, 0.3) is 0 Å². The van der Waals surface area contributed by atoms with Gasteiger partial charge in [-0.05, 0) is 31.1 Å². The maximum Gasteiger partial charge on any atom is 0.110 e. The predicted octanol–water partition coefficient (Wildman–Crippen LogP) is 2.90. The Morgan fingerprint density at radius 3 is 2.94 bits per heavy atom. The Labute approximate surface area is 111 Å². The van der Waals surface area contributed by atoms with Gasteiger partial charge in [0, 0.05) is 31.4 Å². The smallest absolute Gasteiger partial charge is 0.110 e. The van der Waals surface area contributed by atoms with Gasteiger partial charge in [-0.2, -0.15) is 0 Å². The summed E-state index contributed by atoms with van der Waals surface area (Å²) in [5.74, 6) is 2.72. The van der Waals surface area contributed by atoms with Crippen molar-refractivity contribution < 1.29 is 0 Å². The molecule has 0 aromatic carbocycles. The van der Waals surface area contributed by atoms with Gasteiger partial charge in [0.25, 0.3) is 0 Å². The van der Waals surface area contributed by atoms with E-state index in [1.165, 1.54) is 19.3 Å². The van der Waals surface area contributed by atoms with E-state index in [-0.39, 0.29) is 5.54 Å². The second-order valence-electron chi connectivity index (χ2n) is 6.59. The fourth-order valence-electron chi connectivity index (χ4n) is 3.43. The third kappa shape index (κ3) is 3.35. The molecule has 1 aliphatic carbocycles. The third-order valence-corrected chi connectivity index (χ3v) is 4.22. The van der Waals surface area contributed by atoms with Crippen molar-refractivity contribution >= 4 is 0 Å². The summed E-state index contributed by atoms with van der Waals surface area (Å²) in [7, 11) is 2.06. The van der Waals surface area contributed by atoms with Crippen molar-refractivity contribution in [3.05, 3.63) is 18.2 Å². The van der Waals surface area contributed by atoms with Gasteiger partial charge in [-0.3, -0.25) is 0 Å². The van der Waals surface area contributed by atoms with Crippen molar-refractivity contribution in [2.24, 2.45) is 24.6 Å². The van der Waals surface area contributed by atoms with Crippen molar-refractivity contribution in [3.63, 3.8) is 0 Å². The summed E-state index contributed by atoms with van der Waals surface area (Å²) in [5.41, 5.74) is 6.60. The van der Waals surface area contributed by atoms with Gasteiger partial charge in [0.1, 0.15) is 5.82 Å². The minimum Gasteiger partial charge on any atom is -0.338 e. The molecule has 0 bridgehead atoms. The SMILES string of the molecule is CC(C)CC1CCCC(N)(Cc2nccn2C)C1. The third-order valence-electron chi connectivity index (χ3n) is 4.22. The zero-order chi connectivity index (χ0) is 13.2. The van der Waals surface area contributed by atoms with Crippen LogP contribution in [0.1, 0.15) is 51.8 Å². The molecular weight excluding hydrogens is 222 g/mol. The van der Waals surface area contributed by atoms with Gasteiger partial charge in [-0.15, -0.1) is 0 Å². The highest BCUT2D eigenvalue weighted by atomic mass is 15.0. The molecule has 1 fully saturated rings. The number of rotatable bonds is 4. The molecule has 1 aliphatic rings. The first kappa shape index (κ1) is 13.6. The maximum atomic E-state index is 6.63. The molecule has 1 saturated carbocycles. The van der Waals surface area contributed by atoms with E-state index >= 15 is 0 Å². The van der Waals surface area contributed by atoms with Crippen LogP contribution in [0.3, 0.4) is 0 Å². The fourth-order valence-corrected chi connectivity index (χ4v) is 3.43. The Morgan fingerprint density at radius 1 is 1.56 bits per heavy atom. The summed E-state index contributed by atoms with van der Waals surface area (Å²) in [4.78, 5) is 4.42. The minimum absolute atomic E-state index is 0.0308. The zero-order valence-corrected chi connectivity index (χ0v) is 12.0. The molecule has 0 aliphatic heterocycles. The highest BCUT2D eigenvalue weighted by Gasteiger charge is 2.33. The molecular formula is C15H27N3. The Morgan fingerprint density at radius 2 is 2.33 bits per heavy atom. The van der Waals surface area contributed by atoms with Gasteiger partial charge in [0.15, 0.2) is 0 Å². The number of aryl methyl sites for hydroxylation is 1. The molecule has 3 heteroatoms. The molecule has 2 rings (SSSR count). The van der Waals surface area contributed by atoms with Gasteiger partial charge in [0.05, 0.1) is 0 Å². The first-order chi connectivity index (χ1) is 8.48. The van der Waals surface area contributed by atoms with Gasteiger partial charge in [0.2, 0.25) is 0 Å². The average molecular weight is 249 g/mol.